The lowest BCUT2D eigenvalue weighted by Crippen LogP contribution is -2.44. The number of hydrogen-bond donors (Lipinski definition) is 4. The number of nitrogens with zero attached hydrogens (tertiary/aromatic N) is 1. The fourth-order valence-corrected chi connectivity index (χ4v) is 10.8. The summed E-state index contributed by atoms with van der Waals surface area (Å²) in [5.74, 6) is -0.0625. The van der Waals surface area contributed by atoms with Crippen molar-refractivity contribution in [3.63, 3.8) is 0 Å². The topological polar surface area (TPSA) is 133 Å². The number of aromatic amines is 1. The number of nitrogens with one attached hydrogen (secondary N) is 2. The van der Waals surface area contributed by atoms with Crippen molar-refractivity contribution in [2.45, 2.75) is 114 Å². The second-order valence-electron chi connectivity index (χ2n) is 17.5. The Kier molecular flexibility index (Phi) is 14.6. The van der Waals surface area contributed by atoms with Crippen molar-refractivity contribution in [2.24, 2.45) is 0 Å². The molecule has 6 rings (SSSR count). The van der Waals surface area contributed by atoms with E-state index in [4.69, 9.17) is 13.9 Å². The summed E-state index contributed by atoms with van der Waals surface area (Å²) in [6, 6.07) is 23.3. The standard InChI is InChI=1S/C46H61N3O7S2Si/c1-31(47-30-39(56-59(6,7)45(2,3)4)36-21-23-38(50)43-37(36)22-24-42(51)48-43)29-32-13-17-34(18-14-32)54-26-10-25-49(5)33-15-19-35(20-16-33)55-46(44(52)53,40-11-8-27-57-40)41-12-9-28-58-41/h8-9,11-14,17-18,21-24,27-28,31,33,35,39,47,50H,10,15-16,19-20,25-26,29-30H2,1-7H3,(H,48,51)(H,52,53)/t31?,33?,35?,39-/m0/s1. The minimum absolute atomic E-state index is 0.00280. The van der Waals surface area contributed by atoms with Gasteiger partial charge in [0.05, 0.1) is 34.1 Å². The van der Waals surface area contributed by atoms with Gasteiger partial charge in [-0.25, -0.2) is 4.79 Å². The lowest BCUT2D eigenvalue weighted by Gasteiger charge is -2.40. The highest BCUT2D eigenvalue weighted by Gasteiger charge is 2.48. The van der Waals surface area contributed by atoms with Crippen LogP contribution >= 0.6 is 22.7 Å². The van der Waals surface area contributed by atoms with E-state index in [9.17, 15) is 19.8 Å². The van der Waals surface area contributed by atoms with E-state index in [1.54, 1.807) is 12.1 Å². The van der Waals surface area contributed by atoms with Crippen molar-refractivity contribution in [1.82, 2.24) is 15.2 Å². The Morgan fingerprint density at radius 1 is 0.966 bits per heavy atom. The molecule has 2 atom stereocenters. The second kappa shape index (κ2) is 19.3. The fraction of sp³-hybridized carbons (Fsp3) is 0.478. The van der Waals surface area contributed by atoms with Crippen molar-refractivity contribution < 1.29 is 28.9 Å². The van der Waals surface area contributed by atoms with Crippen molar-refractivity contribution in [2.75, 3.05) is 26.7 Å². The van der Waals surface area contributed by atoms with E-state index >= 15 is 0 Å². The molecule has 1 saturated carbocycles. The Bertz CT molecular complexity index is 2120. The maximum atomic E-state index is 12.8. The number of carboxylic acids is 1. The number of thiophene rings is 2. The number of rotatable bonds is 19. The number of carboxylic acid groups (broad SMARTS) is 1. The fourth-order valence-electron chi connectivity index (χ4n) is 7.74. The summed E-state index contributed by atoms with van der Waals surface area (Å²) in [5, 5.41) is 29.4. The van der Waals surface area contributed by atoms with Crippen LogP contribution in [0.1, 0.15) is 86.8 Å². The van der Waals surface area contributed by atoms with Crippen molar-refractivity contribution in [3.8, 4) is 11.5 Å². The van der Waals surface area contributed by atoms with Crippen LogP contribution in [0.2, 0.25) is 18.1 Å². The molecule has 0 bridgehead atoms. The van der Waals surface area contributed by atoms with Crippen LogP contribution in [0.25, 0.3) is 10.9 Å². The molecule has 0 radical (unpaired) electrons. The highest BCUT2D eigenvalue weighted by molar-refractivity contribution is 7.12. The zero-order valence-electron chi connectivity index (χ0n) is 35.5. The van der Waals surface area contributed by atoms with Crippen LogP contribution in [0.5, 0.6) is 11.5 Å². The minimum Gasteiger partial charge on any atom is -0.506 e. The molecule has 4 N–H and O–H groups in total. The molecule has 1 fully saturated rings. The van der Waals surface area contributed by atoms with E-state index in [2.05, 4.69) is 75.2 Å². The molecule has 318 valence electrons. The summed E-state index contributed by atoms with van der Waals surface area (Å²) in [6.07, 6.45) is 4.89. The van der Waals surface area contributed by atoms with Gasteiger partial charge in [-0.15, -0.1) is 22.7 Å². The number of aromatic hydroxyl groups is 1. The van der Waals surface area contributed by atoms with Gasteiger partial charge >= 0.3 is 5.97 Å². The zero-order chi connectivity index (χ0) is 42.4. The third kappa shape index (κ3) is 10.7. The number of phenols is 1. The number of hydrogen-bond acceptors (Lipinski definition) is 10. The van der Waals surface area contributed by atoms with E-state index in [1.165, 1.54) is 34.3 Å². The lowest BCUT2D eigenvalue weighted by molar-refractivity contribution is -0.170. The molecule has 1 aliphatic rings. The summed E-state index contributed by atoms with van der Waals surface area (Å²) >= 11 is 2.86. The van der Waals surface area contributed by atoms with Gasteiger partial charge in [0.2, 0.25) is 11.2 Å². The number of aliphatic carboxylic acids is 1. The number of carbonyl (C=O) groups is 1. The van der Waals surface area contributed by atoms with Crippen LogP contribution in [0.15, 0.2) is 88.4 Å². The van der Waals surface area contributed by atoms with Gasteiger partial charge in [-0.3, -0.25) is 4.79 Å². The average Bonchev–Trinajstić information content (AvgIpc) is 3.95. The van der Waals surface area contributed by atoms with Crippen LogP contribution in [0, 0.1) is 0 Å². The molecule has 0 spiro atoms. The maximum absolute atomic E-state index is 12.8. The summed E-state index contributed by atoms with van der Waals surface area (Å²) < 4.78 is 19.7. The lowest BCUT2D eigenvalue weighted by atomic mass is 9.90. The first-order valence-electron chi connectivity index (χ1n) is 20.7. The number of H-pyrrole nitrogens is 1. The normalized spacial score (nSPS) is 17.6. The van der Waals surface area contributed by atoms with E-state index < -0.39 is 19.9 Å². The smallest absolute Gasteiger partial charge is 0.347 e. The quantitative estimate of drug-likeness (QED) is 0.0473. The Morgan fingerprint density at radius 3 is 2.22 bits per heavy atom. The van der Waals surface area contributed by atoms with Crippen LogP contribution in [-0.4, -0.2) is 79.3 Å². The monoisotopic (exact) mass is 859 g/mol. The summed E-state index contributed by atoms with van der Waals surface area (Å²) in [5.41, 5.74) is 0.852. The number of fused-ring (bicyclic) bond motifs is 1. The third-order valence-electron chi connectivity index (χ3n) is 12.2. The molecule has 13 heteroatoms. The Hall–Kier alpha value is -3.82. The van der Waals surface area contributed by atoms with Crippen molar-refractivity contribution in [3.05, 3.63) is 115 Å². The molecule has 0 aliphatic heterocycles. The molecule has 2 aromatic carbocycles. The highest BCUT2D eigenvalue weighted by Crippen LogP contribution is 2.43. The number of benzene rings is 2. The predicted octanol–water partition coefficient (Wildman–Crippen LogP) is 9.70. The largest absolute Gasteiger partial charge is 0.506 e. The van der Waals surface area contributed by atoms with Crippen LogP contribution in [-0.2, 0) is 26.0 Å². The number of pyridine rings is 1. The van der Waals surface area contributed by atoms with Gasteiger partial charge in [0.25, 0.3) is 0 Å². The second-order valence-corrected chi connectivity index (χ2v) is 24.1. The summed E-state index contributed by atoms with van der Waals surface area (Å²) in [4.78, 5) is 31.5. The van der Waals surface area contributed by atoms with Gasteiger partial charge in [-0.2, -0.15) is 0 Å². The van der Waals surface area contributed by atoms with Gasteiger partial charge in [0.15, 0.2) is 8.32 Å². The third-order valence-corrected chi connectivity index (χ3v) is 18.6. The number of ether oxygens (including phenoxy) is 2. The summed E-state index contributed by atoms with van der Waals surface area (Å²) in [6.45, 7) is 15.5. The van der Waals surface area contributed by atoms with E-state index in [-0.39, 0.29) is 34.6 Å². The molecule has 10 nitrogen and oxygen atoms in total. The molecule has 3 aromatic heterocycles. The Labute approximate surface area is 357 Å². The van der Waals surface area contributed by atoms with Crippen LogP contribution in [0.3, 0.4) is 0 Å². The molecule has 3 heterocycles. The molecular weight excluding hydrogens is 799 g/mol. The first-order chi connectivity index (χ1) is 28.1. The zero-order valence-corrected chi connectivity index (χ0v) is 38.1. The van der Waals surface area contributed by atoms with Crippen molar-refractivity contribution in [1.29, 1.82) is 0 Å². The Morgan fingerprint density at radius 2 is 1.63 bits per heavy atom. The minimum atomic E-state index is -2.19. The first-order valence-corrected chi connectivity index (χ1v) is 25.4. The van der Waals surface area contributed by atoms with E-state index in [0.717, 1.165) is 61.8 Å². The van der Waals surface area contributed by atoms with E-state index in [1.807, 2.05) is 53.2 Å². The molecule has 0 amide bonds. The molecule has 0 saturated heterocycles. The highest BCUT2D eigenvalue weighted by atomic mass is 32.1. The van der Waals surface area contributed by atoms with Crippen LogP contribution < -0.4 is 15.6 Å². The molecule has 59 heavy (non-hydrogen) atoms. The van der Waals surface area contributed by atoms with Gasteiger partial charge in [-0.1, -0.05) is 51.1 Å². The maximum Gasteiger partial charge on any atom is 0.347 e. The Balaban J connectivity index is 0.958. The molecule has 1 unspecified atom stereocenters. The number of phenolic OH excluding ortho intramolecular Hbond substituents is 1. The average molecular weight is 860 g/mol. The molecule has 1 aliphatic carbocycles. The van der Waals surface area contributed by atoms with Crippen molar-refractivity contribution >= 4 is 47.9 Å². The molecular formula is C46H61N3O7S2Si. The van der Waals surface area contributed by atoms with Gasteiger partial charge in [0, 0.05) is 36.6 Å². The predicted molar refractivity (Wildman–Crippen MR) is 242 cm³/mol. The van der Waals surface area contributed by atoms with Gasteiger partial charge < -0.3 is 39.3 Å². The van der Waals surface area contributed by atoms with Gasteiger partial charge in [0.1, 0.15) is 11.5 Å². The molecule has 5 aromatic rings. The van der Waals surface area contributed by atoms with Crippen LogP contribution in [0.4, 0.5) is 0 Å². The SMILES string of the molecule is CC(Cc1ccc(OCCCN(C)C2CCC(OC(C(=O)O)(c3cccs3)c3cccs3)CC2)cc1)NC[C@H](O[Si](C)(C)C(C)(C)C)c1ccc(O)c2[nH]c(=O)ccc12. The van der Waals surface area contributed by atoms with E-state index in [0.29, 0.717) is 34.5 Å². The first kappa shape index (κ1) is 44.7. The van der Waals surface area contributed by atoms with Gasteiger partial charge in [-0.05, 0) is 129 Å². The number of aromatic nitrogens is 1. The summed E-state index contributed by atoms with van der Waals surface area (Å²) in [7, 11) is -0.0133.